The van der Waals surface area contributed by atoms with Crippen molar-refractivity contribution in [1.29, 1.82) is 0 Å². The molecule has 8 nitrogen and oxygen atoms in total. The SMILES string of the molecule is O=C(OCc1cc(=O)n2c(n1)sc1ccccc12)C1=NN(c2ccccc2)C(=O)CC1. The van der Waals surface area contributed by atoms with Crippen LogP contribution < -0.4 is 10.6 Å². The zero-order valence-corrected chi connectivity index (χ0v) is 17.0. The van der Waals surface area contributed by atoms with Gasteiger partial charge in [-0.15, -0.1) is 0 Å². The smallest absolute Gasteiger partial charge is 0.354 e. The maximum atomic E-state index is 12.6. The van der Waals surface area contributed by atoms with Gasteiger partial charge in [-0.2, -0.15) is 5.10 Å². The van der Waals surface area contributed by atoms with Crippen molar-refractivity contribution in [1.82, 2.24) is 9.38 Å². The number of amides is 1. The molecular formula is C22H16N4O4S. The van der Waals surface area contributed by atoms with Crippen LogP contribution in [0.2, 0.25) is 0 Å². The molecule has 4 aromatic rings. The zero-order chi connectivity index (χ0) is 21.4. The van der Waals surface area contributed by atoms with E-state index >= 15 is 0 Å². The molecule has 31 heavy (non-hydrogen) atoms. The number of hydrogen-bond acceptors (Lipinski definition) is 7. The van der Waals surface area contributed by atoms with E-state index in [-0.39, 0.29) is 36.6 Å². The summed E-state index contributed by atoms with van der Waals surface area (Å²) < 4.78 is 7.84. The van der Waals surface area contributed by atoms with Gasteiger partial charge in [0.2, 0.25) is 5.91 Å². The molecule has 0 spiro atoms. The molecule has 0 N–H and O–H groups in total. The number of hydrazone groups is 1. The lowest BCUT2D eigenvalue weighted by Crippen LogP contribution is -2.35. The summed E-state index contributed by atoms with van der Waals surface area (Å²) in [4.78, 5) is 42.3. The number of fused-ring (bicyclic) bond motifs is 3. The van der Waals surface area contributed by atoms with Crippen LogP contribution in [0.4, 0.5) is 5.69 Å². The van der Waals surface area contributed by atoms with Crippen molar-refractivity contribution >= 4 is 49.8 Å². The number of carbonyl (C=O) groups excluding carboxylic acids is 2. The summed E-state index contributed by atoms with van der Waals surface area (Å²) in [6, 6.07) is 17.8. The Morgan fingerprint density at radius 3 is 2.65 bits per heavy atom. The van der Waals surface area contributed by atoms with Crippen molar-refractivity contribution < 1.29 is 14.3 Å². The molecule has 154 valence electrons. The van der Waals surface area contributed by atoms with Crippen LogP contribution in [0.15, 0.2) is 70.6 Å². The van der Waals surface area contributed by atoms with E-state index in [2.05, 4.69) is 10.1 Å². The topological polar surface area (TPSA) is 93.3 Å². The molecule has 0 radical (unpaired) electrons. The molecule has 0 saturated carbocycles. The number of ether oxygens (including phenoxy) is 1. The number of nitrogens with zero attached hydrogens (tertiary/aromatic N) is 4. The first-order valence-corrected chi connectivity index (χ1v) is 10.4. The fourth-order valence-electron chi connectivity index (χ4n) is 3.39. The van der Waals surface area contributed by atoms with Gasteiger partial charge in [0.15, 0.2) is 4.96 Å². The number of hydrogen-bond donors (Lipinski definition) is 0. The molecule has 1 amide bonds. The third kappa shape index (κ3) is 3.59. The van der Waals surface area contributed by atoms with Crippen molar-refractivity contribution in [3.63, 3.8) is 0 Å². The van der Waals surface area contributed by atoms with Crippen molar-refractivity contribution in [2.24, 2.45) is 5.10 Å². The lowest BCUT2D eigenvalue weighted by Gasteiger charge is -2.22. The van der Waals surface area contributed by atoms with Gasteiger partial charge in [0.05, 0.1) is 21.6 Å². The van der Waals surface area contributed by atoms with E-state index in [1.807, 2.05) is 30.3 Å². The number of para-hydroxylation sites is 2. The van der Waals surface area contributed by atoms with Gasteiger partial charge in [-0.25, -0.2) is 14.8 Å². The maximum absolute atomic E-state index is 12.6. The molecule has 1 aliphatic heterocycles. The molecule has 0 unspecified atom stereocenters. The second kappa shape index (κ2) is 7.77. The first-order valence-electron chi connectivity index (χ1n) is 9.63. The molecule has 0 saturated heterocycles. The summed E-state index contributed by atoms with van der Waals surface area (Å²) in [5, 5.41) is 5.40. The van der Waals surface area contributed by atoms with Crippen molar-refractivity contribution in [2.45, 2.75) is 19.4 Å². The molecule has 5 rings (SSSR count). The Kier molecular flexibility index (Phi) is 4.79. The van der Waals surface area contributed by atoms with Gasteiger partial charge in [0.25, 0.3) is 5.56 Å². The van der Waals surface area contributed by atoms with E-state index in [1.54, 1.807) is 28.7 Å². The Labute approximate surface area is 180 Å². The minimum atomic E-state index is -0.633. The Balaban J connectivity index is 1.36. The Bertz CT molecular complexity index is 1410. The normalized spacial score (nSPS) is 14.1. The van der Waals surface area contributed by atoms with Crippen LogP contribution in [-0.4, -0.2) is 27.0 Å². The van der Waals surface area contributed by atoms with E-state index in [9.17, 15) is 14.4 Å². The molecule has 0 atom stereocenters. The molecule has 2 aromatic carbocycles. The molecule has 0 aliphatic carbocycles. The predicted molar refractivity (Wildman–Crippen MR) is 117 cm³/mol. The number of benzene rings is 2. The number of anilines is 1. The highest BCUT2D eigenvalue weighted by atomic mass is 32.1. The lowest BCUT2D eigenvalue weighted by molar-refractivity contribution is -0.137. The van der Waals surface area contributed by atoms with E-state index < -0.39 is 5.97 Å². The van der Waals surface area contributed by atoms with E-state index in [4.69, 9.17) is 4.74 Å². The van der Waals surface area contributed by atoms with Gasteiger partial charge in [-0.1, -0.05) is 41.7 Å². The Morgan fingerprint density at radius 2 is 1.81 bits per heavy atom. The highest BCUT2D eigenvalue weighted by Crippen LogP contribution is 2.24. The number of esters is 1. The fraction of sp³-hybridized carbons (Fsp3) is 0.136. The standard InChI is InChI=1S/C22H16N4O4S/c27-19-11-10-16(24-26(19)15-6-2-1-3-7-15)21(29)30-13-14-12-20(28)25-17-8-4-5-9-18(17)31-22(25)23-14/h1-9,12H,10-11,13H2. The number of rotatable bonds is 4. The lowest BCUT2D eigenvalue weighted by atomic mass is 10.1. The van der Waals surface area contributed by atoms with Crippen LogP contribution in [-0.2, 0) is 20.9 Å². The number of thiazole rings is 1. The van der Waals surface area contributed by atoms with Crippen LogP contribution in [0.1, 0.15) is 18.5 Å². The van der Waals surface area contributed by atoms with Crippen LogP contribution >= 0.6 is 11.3 Å². The van der Waals surface area contributed by atoms with Gasteiger partial charge in [-0.3, -0.25) is 14.0 Å². The van der Waals surface area contributed by atoms with Crippen LogP contribution in [0.25, 0.3) is 15.2 Å². The summed E-state index contributed by atoms with van der Waals surface area (Å²) in [5.74, 6) is -0.820. The molecule has 0 fully saturated rings. The van der Waals surface area contributed by atoms with Gasteiger partial charge >= 0.3 is 5.97 Å². The fourth-order valence-corrected chi connectivity index (χ4v) is 4.44. The highest BCUT2D eigenvalue weighted by Gasteiger charge is 2.26. The number of aromatic nitrogens is 2. The Morgan fingerprint density at radius 1 is 1.03 bits per heavy atom. The van der Waals surface area contributed by atoms with E-state index in [0.29, 0.717) is 16.3 Å². The maximum Gasteiger partial charge on any atom is 0.354 e. The van der Waals surface area contributed by atoms with E-state index in [1.165, 1.54) is 22.4 Å². The zero-order valence-electron chi connectivity index (χ0n) is 16.2. The number of carbonyl (C=O) groups is 2. The summed E-state index contributed by atoms with van der Waals surface area (Å²) in [7, 11) is 0. The minimum Gasteiger partial charge on any atom is -0.455 e. The second-order valence-corrected chi connectivity index (χ2v) is 7.95. The summed E-state index contributed by atoms with van der Waals surface area (Å²) in [6.45, 7) is -0.156. The highest BCUT2D eigenvalue weighted by molar-refractivity contribution is 7.23. The van der Waals surface area contributed by atoms with Crippen LogP contribution in [0, 0.1) is 0 Å². The molecule has 0 bridgehead atoms. The summed E-state index contributed by atoms with van der Waals surface area (Å²) in [5.41, 5.74) is 1.66. The van der Waals surface area contributed by atoms with Crippen molar-refractivity contribution in [2.75, 3.05) is 5.01 Å². The first-order chi connectivity index (χ1) is 15.1. The van der Waals surface area contributed by atoms with Crippen molar-refractivity contribution in [3.8, 4) is 0 Å². The minimum absolute atomic E-state index is 0.156. The summed E-state index contributed by atoms with van der Waals surface area (Å²) in [6.07, 6.45) is 0.364. The third-order valence-corrected chi connectivity index (χ3v) is 5.89. The van der Waals surface area contributed by atoms with E-state index in [0.717, 1.165) is 10.2 Å². The van der Waals surface area contributed by atoms with Gasteiger partial charge in [0, 0.05) is 18.9 Å². The molecule has 1 aliphatic rings. The van der Waals surface area contributed by atoms with Crippen molar-refractivity contribution in [3.05, 3.63) is 76.7 Å². The molecule has 9 heteroatoms. The average Bonchev–Trinajstić information content (AvgIpc) is 3.17. The monoisotopic (exact) mass is 432 g/mol. The van der Waals surface area contributed by atoms with Crippen LogP contribution in [0.3, 0.4) is 0 Å². The van der Waals surface area contributed by atoms with Crippen LogP contribution in [0.5, 0.6) is 0 Å². The molecule has 3 heterocycles. The predicted octanol–water partition coefficient (Wildman–Crippen LogP) is 3.14. The average molecular weight is 432 g/mol. The molecule has 2 aromatic heterocycles. The van der Waals surface area contributed by atoms with Gasteiger partial charge in [-0.05, 0) is 24.3 Å². The molecular weight excluding hydrogens is 416 g/mol. The first kappa shape index (κ1) is 19.1. The quantitative estimate of drug-likeness (QED) is 0.462. The second-order valence-electron chi connectivity index (χ2n) is 6.94. The largest absolute Gasteiger partial charge is 0.455 e. The van der Waals surface area contributed by atoms with Gasteiger partial charge in [0.1, 0.15) is 12.3 Å². The Hall–Kier alpha value is -3.85. The summed E-state index contributed by atoms with van der Waals surface area (Å²) >= 11 is 1.39. The third-order valence-electron chi connectivity index (χ3n) is 4.87. The van der Waals surface area contributed by atoms with Gasteiger partial charge < -0.3 is 4.74 Å².